The lowest BCUT2D eigenvalue weighted by Gasteiger charge is -2.30. The van der Waals surface area contributed by atoms with Crippen molar-refractivity contribution in [2.24, 2.45) is 5.92 Å². The molecule has 1 rings (SSSR count). The van der Waals surface area contributed by atoms with Crippen molar-refractivity contribution < 1.29 is 19.7 Å². The van der Waals surface area contributed by atoms with E-state index < -0.39 is 18.2 Å². The van der Waals surface area contributed by atoms with E-state index in [1.165, 1.54) is 0 Å². The van der Waals surface area contributed by atoms with Crippen LogP contribution in [0.25, 0.3) is 0 Å². The van der Waals surface area contributed by atoms with E-state index in [1.807, 2.05) is 0 Å². The Balaban J connectivity index is 2.37. The summed E-state index contributed by atoms with van der Waals surface area (Å²) < 4.78 is 5.22. The predicted octanol–water partition coefficient (Wildman–Crippen LogP) is 0.430. The average Bonchev–Trinajstić information content (AvgIpc) is 2.17. The molecule has 1 saturated heterocycles. The molecule has 1 amide bonds. The van der Waals surface area contributed by atoms with Crippen molar-refractivity contribution in [3.05, 3.63) is 0 Å². The molecule has 2 unspecified atom stereocenters. The van der Waals surface area contributed by atoms with Gasteiger partial charge < -0.3 is 20.3 Å². The molecule has 0 bridgehead atoms. The maximum atomic E-state index is 10.3. The fraction of sp³-hybridized carbons (Fsp3) is 0.889. The van der Waals surface area contributed by atoms with Crippen LogP contribution in [-0.2, 0) is 4.74 Å². The number of carboxylic acid groups (broad SMARTS) is 1. The molecule has 5 heteroatoms. The van der Waals surface area contributed by atoms with Crippen molar-refractivity contribution in [2.75, 3.05) is 13.2 Å². The highest BCUT2D eigenvalue weighted by molar-refractivity contribution is 5.64. The minimum absolute atomic E-state index is 0.0469. The number of aliphatic hydroxyl groups is 1. The van der Waals surface area contributed by atoms with Crippen molar-refractivity contribution in [3.8, 4) is 0 Å². The van der Waals surface area contributed by atoms with Crippen LogP contribution in [0.2, 0.25) is 0 Å². The maximum Gasteiger partial charge on any atom is 0.404 e. The summed E-state index contributed by atoms with van der Waals surface area (Å²) in [6.07, 6.45) is 0.0635. The Bertz CT molecular complexity index is 191. The first-order chi connectivity index (χ1) is 6.61. The molecule has 0 aliphatic carbocycles. The highest BCUT2D eigenvalue weighted by Gasteiger charge is 2.27. The minimum atomic E-state index is -1.10. The van der Waals surface area contributed by atoms with Gasteiger partial charge in [0.1, 0.15) is 0 Å². The summed E-state index contributed by atoms with van der Waals surface area (Å²) >= 11 is 0. The fourth-order valence-corrected chi connectivity index (χ4v) is 1.72. The van der Waals surface area contributed by atoms with E-state index in [-0.39, 0.29) is 5.92 Å². The van der Waals surface area contributed by atoms with Gasteiger partial charge in [0.15, 0.2) is 0 Å². The lowest BCUT2D eigenvalue weighted by molar-refractivity contribution is -0.0204. The first-order valence-corrected chi connectivity index (χ1v) is 4.86. The van der Waals surface area contributed by atoms with Crippen LogP contribution >= 0.6 is 0 Å². The van der Waals surface area contributed by atoms with Gasteiger partial charge in [0.2, 0.25) is 0 Å². The molecule has 0 aromatic carbocycles. The molecule has 0 aromatic rings. The van der Waals surface area contributed by atoms with Gasteiger partial charge in [-0.15, -0.1) is 0 Å². The number of amides is 1. The first-order valence-electron chi connectivity index (χ1n) is 4.86. The zero-order valence-electron chi connectivity index (χ0n) is 8.27. The first kappa shape index (κ1) is 11.3. The molecule has 3 N–H and O–H groups in total. The molecule has 0 saturated carbocycles. The van der Waals surface area contributed by atoms with E-state index in [9.17, 15) is 9.90 Å². The second-order valence-corrected chi connectivity index (χ2v) is 3.71. The van der Waals surface area contributed by atoms with E-state index >= 15 is 0 Å². The van der Waals surface area contributed by atoms with E-state index in [4.69, 9.17) is 9.84 Å². The number of carbonyl (C=O) groups is 1. The summed E-state index contributed by atoms with van der Waals surface area (Å²) in [6.45, 7) is 2.92. The van der Waals surface area contributed by atoms with Gasteiger partial charge in [-0.3, -0.25) is 0 Å². The Morgan fingerprint density at radius 1 is 1.64 bits per heavy atom. The van der Waals surface area contributed by atoms with Gasteiger partial charge in [0.25, 0.3) is 0 Å². The Morgan fingerprint density at radius 3 is 2.86 bits per heavy atom. The predicted molar refractivity (Wildman–Crippen MR) is 50.2 cm³/mol. The van der Waals surface area contributed by atoms with Gasteiger partial charge in [0, 0.05) is 12.5 Å². The summed E-state index contributed by atoms with van der Waals surface area (Å²) in [6, 6.07) is -0.445. The van der Waals surface area contributed by atoms with Gasteiger partial charge >= 0.3 is 6.09 Å². The van der Waals surface area contributed by atoms with E-state index in [0.29, 0.717) is 6.61 Å². The van der Waals surface area contributed by atoms with Crippen molar-refractivity contribution in [1.29, 1.82) is 0 Å². The molecule has 1 aliphatic heterocycles. The number of nitrogens with one attached hydrogen (secondary N) is 1. The molecular formula is C9H17NO4. The largest absolute Gasteiger partial charge is 0.465 e. The van der Waals surface area contributed by atoms with E-state index in [2.05, 4.69) is 5.32 Å². The van der Waals surface area contributed by atoms with Gasteiger partial charge in [-0.25, -0.2) is 4.79 Å². The number of ether oxygens (including phenoxy) is 1. The van der Waals surface area contributed by atoms with Crippen LogP contribution in [-0.4, -0.2) is 41.7 Å². The van der Waals surface area contributed by atoms with Gasteiger partial charge in [-0.1, -0.05) is 0 Å². The van der Waals surface area contributed by atoms with Crippen molar-refractivity contribution in [3.63, 3.8) is 0 Å². The van der Waals surface area contributed by atoms with Crippen LogP contribution in [0.4, 0.5) is 4.79 Å². The summed E-state index contributed by atoms with van der Waals surface area (Å²) in [5, 5.41) is 20.5. The highest BCUT2D eigenvalue weighted by atomic mass is 16.5. The van der Waals surface area contributed by atoms with Gasteiger partial charge in [-0.2, -0.15) is 0 Å². The number of rotatable bonds is 3. The van der Waals surface area contributed by atoms with Crippen LogP contribution in [0.1, 0.15) is 19.8 Å². The Hall–Kier alpha value is -0.810. The third kappa shape index (κ3) is 3.16. The summed E-state index contributed by atoms with van der Waals surface area (Å²) in [5.74, 6) is 0.0469. The molecule has 0 aromatic heterocycles. The van der Waals surface area contributed by atoms with Crippen molar-refractivity contribution >= 4 is 6.09 Å². The molecular weight excluding hydrogens is 186 g/mol. The minimum Gasteiger partial charge on any atom is -0.465 e. The molecule has 5 nitrogen and oxygen atoms in total. The molecule has 14 heavy (non-hydrogen) atoms. The summed E-state index contributed by atoms with van der Waals surface area (Å²) in [7, 11) is 0. The summed E-state index contributed by atoms with van der Waals surface area (Å²) in [5.41, 5.74) is 0. The standard InChI is InChI=1S/C9H17NO4/c1-6(10-9(12)13)8(11)7-3-2-4-14-5-7/h6-8,10-11H,2-5H2,1H3,(H,12,13)/t6?,7-,8?/m1/s1. The molecule has 1 heterocycles. The number of aliphatic hydroxyl groups excluding tert-OH is 1. The third-order valence-electron chi connectivity index (χ3n) is 2.54. The smallest absolute Gasteiger partial charge is 0.404 e. The lowest BCUT2D eigenvalue weighted by atomic mass is 9.92. The topological polar surface area (TPSA) is 78.8 Å². The normalized spacial score (nSPS) is 26.6. The fourth-order valence-electron chi connectivity index (χ4n) is 1.72. The summed E-state index contributed by atoms with van der Waals surface area (Å²) in [4.78, 5) is 10.3. The Kier molecular flexibility index (Phi) is 4.16. The van der Waals surface area contributed by atoms with Gasteiger partial charge in [-0.05, 0) is 19.8 Å². The highest BCUT2D eigenvalue weighted by Crippen LogP contribution is 2.19. The van der Waals surface area contributed by atoms with Gasteiger partial charge in [0.05, 0.1) is 18.8 Å². The maximum absolute atomic E-state index is 10.3. The number of hydrogen-bond donors (Lipinski definition) is 3. The molecule has 0 radical (unpaired) electrons. The molecule has 1 fully saturated rings. The van der Waals surface area contributed by atoms with Crippen LogP contribution < -0.4 is 5.32 Å². The average molecular weight is 203 g/mol. The Morgan fingerprint density at radius 2 is 2.36 bits per heavy atom. The molecule has 3 atom stereocenters. The second kappa shape index (κ2) is 5.17. The molecule has 82 valence electrons. The van der Waals surface area contributed by atoms with Crippen LogP contribution in [0.15, 0.2) is 0 Å². The second-order valence-electron chi connectivity index (χ2n) is 3.71. The quantitative estimate of drug-likeness (QED) is 0.621. The molecule has 0 spiro atoms. The van der Waals surface area contributed by atoms with E-state index in [1.54, 1.807) is 6.92 Å². The zero-order chi connectivity index (χ0) is 10.6. The monoisotopic (exact) mass is 203 g/mol. The molecule has 1 aliphatic rings. The Labute approximate surface area is 83.1 Å². The van der Waals surface area contributed by atoms with Crippen molar-refractivity contribution in [2.45, 2.75) is 31.9 Å². The zero-order valence-corrected chi connectivity index (χ0v) is 8.27. The number of hydrogen-bond acceptors (Lipinski definition) is 3. The van der Waals surface area contributed by atoms with E-state index in [0.717, 1.165) is 19.4 Å². The van der Waals surface area contributed by atoms with Crippen LogP contribution in [0.3, 0.4) is 0 Å². The van der Waals surface area contributed by atoms with Crippen LogP contribution in [0.5, 0.6) is 0 Å². The van der Waals surface area contributed by atoms with Crippen molar-refractivity contribution in [1.82, 2.24) is 5.32 Å². The third-order valence-corrected chi connectivity index (χ3v) is 2.54. The van der Waals surface area contributed by atoms with Crippen LogP contribution in [0, 0.1) is 5.92 Å². The SMILES string of the molecule is CC(NC(=O)O)C(O)[C@@H]1CCCOC1. The lowest BCUT2D eigenvalue weighted by Crippen LogP contribution is -2.46.